The summed E-state index contributed by atoms with van der Waals surface area (Å²) in [6.45, 7) is 6.95. The van der Waals surface area contributed by atoms with E-state index in [-0.39, 0.29) is 6.04 Å². The van der Waals surface area contributed by atoms with Crippen molar-refractivity contribution in [3.63, 3.8) is 0 Å². The molecule has 4 heteroatoms. The van der Waals surface area contributed by atoms with Crippen LogP contribution in [0, 0.1) is 18.8 Å². The Hall–Kier alpha value is -1.39. The minimum atomic E-state index is 0.236. The largest absolute Gasteiger partial charge is 0.441 e. The molecule has 2 aromatic rings. The summed E-state index contributed by atoms with van der Waals surface area (Å²) in [6, 6.07) is 6.43. The molecule has 1 aromatic carbocycles. The van der Waals surface area contributed by atoms with Crippen LogP contribution in [0.15, 0.2) is 22.6 Å². The molecule has 0 fully saturated rings. The third-order valence-corrected chi connectivity index (χ3v) is 3.75. The molecular weight excluding hydrogens is 238 g/mol. The summed E-state index contributed by atoms with van der Waals surface area (Å²) in [4.78, 5) is 4.33. The number of nitrogens with one attached hydrogen (secondary N) is 1. The number of fused-ring (bicyclic) bond motifs is 1. The van der Waals surface area contributed by atoms with Crippen LogP contribution in [0.5, 0.6) is 0 Å². The highest BCUT2D eigenvalue weighted by Gasteiger charge is 2.24. The smallest absolute Gasteiger partial charge is 0.192 e. The van der Waals surface area contributed by atoms with Crippen LogP contribution in [0.1, 0.15) is 31.3 Å². The van der Waals surface area contributed by atoms with Gasteiger partial charge in [-0.1, -0.05) is 19.9 Å². The summed E-state index contributed by atoms with van der Waals surface area (Å²) in [5.41, 5.74) is 8.88. The van der Waals surface area contributed by atoms with Crippen molar-refractivity contribution in [2.75, 3.05) is 13.6 Å². The fourth-order valence-corrected chi connectivity index (χ4v) is 2.67. The van der Waals surface area contributed by atoms with Crippen molar-refractivity contribution in [1.29, 1.82) is 0 Å². The minimum absolute atomic E-state index is 0.236. The van der Waals surface area contributed by atoms with E-state index in [0.29, 0.717) is 24.3 Å². The first-order chi connectivity index (χ1) is 9.06. The molecule has 0 aliphatic heterocycles. The van der Waals surface area contributed by atoms with E-state index in [9.17, 15) is 0 Å². The Balaban J connectivity index is 2.39. The molecule has 104 valence electrons. The van der Waals surface area contributed by atoms with Crippen molar-refractivity contribution in [3.8, 4) is 0 Å². The van der Waals surface area contributed by atoms with Gasteiger partial charge in [-0.2, -0.15) is 0 Å². The molecule has 1 heterocycles. The molecule has 2 unspecified atom stereocenters. The van der Waals surface area contributed by atoms with Gasteiger partial charge in [-0.15, -0.1) is 0 Å². The topological polar surface area (TPSA) is 64.1 Å². The van der Waals surface area contributed by atoms with E-state index in [2.05, 4.69) is 36.3 Å². The molecule has 3 N–H and O–H groups in total. The van der Waals surface area contributed by atoms with Gasteiger partial charge in [0.2, 0.25) is 0 Å². The van der Waals surface area contributed by atoms with Crippen molar-refractivity contribution in [3.05, 3.63) is 29.7 Å². The molecule has 0 bridgehead atoms. The lowest BCUT2D eigenvalue weighted by Crippen LogP contribution is -2.33. The number of hydrogen-bond acceptors (Lipinski definition) is 4. The molecule has 2 atom stereocenters. The van der Waals surface area contributed by atoms with Gasteiger partial charge in [0.1, 0.15) is 5.52 Å². The molecule has 0 spiro atoms. The number of aromatic nitrogens is 1. The molecule has 0 saturated heterocycles. The highest BCUT2D eigenvalue weighted by Crippen LogP contribution is 2.29. The Labute approximate surface area is 114 Å². The van der Waals surface area contributed by atoms with E-state index >= 15 is 0 Å². The van der Waals surface area contributed by atoms with E-state index in [0.717, 1.165) is 11.1 Å². The quantitative estimate of drug-likeness (QED) is 0.868. The van der Waals surface area contributed by atoms with Crippen molar-refractivity contribution in [2.45, 2.75) is 26.8 Å². The number of oxazole rings is 1. The maximum Gasteiger partial charge on any atom is 0.192 e. The predicted molar refractivity (Wildman–Crippen MR) is 77.9 cm³/mol. The van der Waals surface area contributed by atoms with Gasteiger partial charge in [-0.05, 0) is 43.1 Å². The van der Waals surface area contributed by atoms with Crippen LogP contribution in [0.3, 0.4) is 0 Å². The summed E-state index contributed by atoms with van der Waals surface area (Å²) in [5, 5.41) is 3.38. The number of benzene rings is 1. The maximum atomic E-state index is 5.93. The van der Waals surface area contributed by atoms with Gasteiger partial charge in [-0.25, -0.2) is 4.98 Å². The molecule has 19 heavy (non-hydrogen) atoms. The van der Waals surface area contributed by atoms with Gasteiger partial charge >= 0.3 is 0 Å². The van der Waals surface area contributed by atoms with Crippen LogP contribution in [-0.2, 0) is 0 Å². The van der Waals surface area contributed by atoms with E-state index in [1.165, 1.54) is 5.56 Å². The van der Waals surface area contributed by atoms with Crippen molar-refractivity contribution in [2.24, 2.45) is 17.6 Å². The predicted octanol–water partition coefficient (Wildman–Crippen LogP) is 2.63. The van der Waals surface area contributed by atoms with E-state index in [4.69, 9.17) is 10.2 Å². The molecule has 0 aliphatic rings. The second-order valence-electron chi connectivity index (χ2n) is 5.37. The number of rotatable bonds is 5. The SMILES string of the molecule is CNC(c1ccc2nc(C)oc2c1)C(CN)C(C)C. The molecule has 1 aromatic heterocycles. The first-order valence-corrected chi connectivity index (χ1v) is 6.81. The molecule has 0 saturated carbocycles. The summed E-state index contributed by atoms with van der Waals surface area (Å²) in [6.07, 6.45) is 0. The van der Waals surface area contributed by atoms with Crippen LogP contribution >= 0.6 is 0 Å². The van der Waals surface area contributed by atoms with Crippen LogP contribution < -0.4 is 11.1 Å². The Morgan fingerprint density at radius 1 is 1.37 bits per heavy atom. The molecule has 0 amide bonds. The first kappa shape index (κ1) is 14.0. The Bertz CT molecular complexity index is 547. The van der Waals surface area contributed by atoms with E-state index < -0.39 is 0 Å². The molecule has 0 radical (unpaired) electrons. The van der Waals surface area contributed by atoms with Crippen molar-refractivity contribution in [1.82, 2.24) is 10.3 Å². The van der Waals surface area contributed by atoms with Gasteiger partial charge in [0.05, 0.1) is 0 Å². The van der Waals surface area contributed by atoms with E-state index in [1.807, 2.05) is 20.0 Å². The number of aryl methyl sites for hydroxylation is 1. The zero-order chi connectivity index (χ0) is 14.0. The molecular formula is C15H23N3O. The summed E-state index contributed by atoms with van der Waals surface area (Å²) in [5.74, 6) is 1.62. The maximum absolute atomic E-state index is 5.93. The fraction of sp³-hybridized carbons (Fsp3) is 0.533. The number of hydrogen-bond donors (Lipinski definition) is 2. The van der Waals surface area contributed by atoms with Gasteiger partial charge in [-0.3, -0.25) is 0 Å². The second-order valence-corrected chi connectivity index (χ2v) is 5.37. The number of nitrogens with zero attached hydrogens (tertiary/aromatic N) is 1. The molecule has 4 nitrogen and oxygen atoms in total. The number of nitrogens with two attached hydrogens (primary N) is 1. The van der Waals surface area contributed by atoms with Crippen LogP contribution in [-0.4, -0.2) is 18.6 Å². The zero-order valence-corrected chi connectivity index (χ0v) is 12.1. The Kier molecular flexibility index (Phi) is 4.22. The van der Waals surface area contributed by atoms with Gasteiger partial charge in [0, 0.05) is 13.0 Å². The average Bonchev–Trinajstić information content (AvgIpc) is 2.74. The fourth-order valence-electron chi connectivity index (χ4n) is 2.67. The van der Waals surface area contributed by atoms with Crippen molar-refractivity contribution >= 4 is 11.1 Å². The second kappa shape index (κ2) is 5.72. The third-order valence-electron chi connectivity index (χ3n) is 3.75. The van der Waals surface area contributed by atoms with Gasteiger partial charge in [0.25, 0.3) is 0 Å². The molecule has 0 aliphatic carbocycles. The third kappa shape index (κ3) is 2.80. The zero-order valence-electron chi connectivity index (χ0n) is 12.1. The van der Waals surface area contributed by atoms with Crippen LogP contribution in [0.4, 0.5) is 0 Å². The van der Waals surface area contributed by atoms with Crippen LogP contribution in [0.2, 0.25) is 0 Å². The summed E-state index contributed by atoms with van der Waals surface area (Å²) >= 11 is 0. The first-order valence-electron chi connectivity index (χ1n) is 6.81. The van der Waals surface area contributed by atoms with E-state index in [1.54, 1.807) is 0 Å². The highest BCUT2D eigenvalue weighted by atomic mass is 16.3. The minimum Gasteiger partial charge on any atom is -0.441 e. The van der Waals surface area contributed by atoms with Gasteiger partial charge < -0.3 is 15.5 Å². The molecule has 2 rings (SSSR count). The Morgan fingerprint density at radius 3 is 2.68 bits per heavy atom. The van der Waals surface area contributed by atoms with Crippen molar-refractivity contribution < 1.29 is 4.42 Å². The lowest BCUT2D eigenvalue weighted by atomic mass is 9.84. The van der Waals surface area contributed by atoms with Gasteiger partial charge in [0.15, 0.2) is 11.5 Å². The standard InChI is InChI=1S/C15H23N3O/c1-9(2)12(8-16)15(17-4)11-5-6-13-14(7-11)19-10(3)18-13/h5-7,9,12,15,17H,8,16H2,1-4H3. The Morgan fingerprint density at radius 2 is 2.11 bits per heavy atom. The lowest BCUT2D eigenvalue weighted by Gasteiger charge is -2.29. The monoisotopic (exact) mass is 261 g/mol. The average molecular weight is 261 g/mol. The lowest BCUT2D eigenvalue weighted by molar-refractivity contribution is 0.299. The summed E-state index contributed by atoms with van der Waals surface area (Å²) < 4.78 is 5.61. The normalized spacial score (nSPS) is 15.1. The summed E-state index contributed by atoms with van der Waals surface area (Å²) in [7, 11) is 1.98. The van der Waals surface area contributed by atoms with Crippen LogP contribution in [0.25, 0.3) is 11.1 Å². The highest BCUT2D eigenvalue weighted by molar-refractivity contribution is 5.73.